The quantitative estimate of drug-likeness (QED) is 0.466. The minimum Gasteiger partial charge on any atom is -0.370 e. The fraction of sp³-hybridized carbons (Fsp3) is 0.190. The van der Waals surface area contributed by atoms with E-state index in [0.29, 0.717) is 12.5 Å². The van der Waals surface area contributed by atoms with Gasteiger partial charge in [-0.05, 0) is 37.1 Å². The molecule has 136 valence electrons. The van der Waals surface area contributed by atoms with Crippen LogP contribution in [0.3, 0.4) is 0 Å². The summed E-state index contributed by atoms with van der Waals surface area (Å²) in [5.41, 5.74) is 4.35. The number of pyridine rings is 1. The molecule has 0 radical (unpaired) electrons. The summed E-state index contributed by atoms with van der Waals surface area (Å²) in [7, 11) is 0. The highest BCUT2D eigenvalue weighted by atomic mass is 15.1. The Morgan fingerprint density at radius 3 is 2.78 bits per heavy atom. The van der Waals surface area contributed by atoms with Crippen LogP contribution in [0.1, 0.15) is 17.0 Å². The first kappa shape index (κ1) is 17.0. The lowest BCUT2D eigenvalue weighted by Crippen LogP contribution is -2.10. The molecule has 0 aliphatic rings. The predicted octanol–water partition coefficient (Wildman–Crippen LogP) is 3.93. The van der Waals surface area contributed by atoms with E-state index in [-0.39, 0.29) is 0 Å². The average Bonchev–Trinajstić information content (AvgIpc) is 3.10. The molecular weight excluding hydrogens is 336 g/mol. The third kappa shape index (κ3) is 4.23. The molecule has 0 amide bonds. The van der Waals surface area contributed by atoms with E-state index >= 15 is 0 Å². The Labute approximate surface area is 158 Å². The number of benzene rings is 1. The fourth-order valence-corrected chi connectivity index (χ4v) is 3.07. The number of nitrogens with one attached hydrogen (secondary N) is 3. The molecule has 0 aliphatic heterocycles. The van der Waals surface area contributed by atoms with Crippen molar-refractivity contribution in [1.82, 2.24) is 19.9 Å². The molecule has 4 rings (SSSR count). The summed E-state index contributed by atoms with van der Waals surface area (Å²) in [4.78, 5) is 16.6. The van der Waals surface area contributed by atoms with Crippen molar-refractivity contribution in [2.75, 3.05) is 17.2 Å². The van der Waals surface area contributed by atoms with Gasteiger partial charge in [-0.1, -0.05) is 24.3 Å². The zero-order chi connectivity index (χ0) is 18.5. The highest BCUT2D eigenvalue weighted by Crippen LogP contribution is 2.18. The van der Waals surface area contributed by atoms with E-state index < -0.39 is 0 Å². The molecule has 3 heterocycles. The van der Waals surface area contributed by atoms with Crippen LogP contribution in [0.4, 0.5) is 11.8 Å². The number of para-hydroxylation sites is 1. The second kappa shape index (κ2) is 7.86. The number of anilines is 2. The number of fused-ring (bicyclic) bond motifs is 1. The first-order valence-electron chi connectivity index (χ1n) is 9.06. The van der Waals surface area contributed by atoms with E-state index in [9.17, 15) is 0 Å². The van der Waals surface area contributed by atoms with Gasteiger partial charge in [0.2, 0.25) is 5.95 Å². The van der Waals surface area contributed by atoms with Crippen LogP contribution < -0.4 is 10.6 Å². The van der Waals surface area contributed by atoms with E-state index in [1.165, 1.54) is 16.5 Å². The molecule has 1 aromatic carbocycles. The van der Waals surface area contributed by atoms with Gasteiger partial charge in [-0.25, -0.2) is 4.98 Å². The van der Waals surface area contributed by atoms with Crippen LogP contribution in [-0.4, -0.2) is 26.5 Å². The van der Waals surface area contributed by atoms with Gasteiger partial charge in [-0.3, -0.25) is 4.98 Å². The SMILES string of the molecule is Cc1cc(NCCc2c[nH]c3ccccc23)nc(NCc2ccccn2)n1. The molecule has 0 bridgehead atoms. The first-order valence-corrected chi connectivity index (χ1v) is 9.06. The minimum absolute atomic E-state index is 0.596. The van der Waals surface area contributed by atoms with Gasteiger partial charge in [0, 0.05) is 41.6 Å². The van der Waals surface area contributed by atoms with Crippen LogP contribution in [0, 0.1) is 6.92 Å². The second-order valence-electron chi connectivity index (χ2n) is 6.43. The number of H-pyrrole nitrogens is 1. The van der Waals surface area contributed by atoms with E-state index in [4.69, 9.17) is 0 Å². The summed E-state index contributed by atoms with van der Waals surface area (Å²) >= 11 is 0. The van der Waals surface area contributed by atoms with Gasteiger partial charge >= 0.3 is 0 Å². The third-order valence-corrected chi connectivity index (χ3v) is 4.38. The lowest BCUT2D eigenvalue weighted by Gasteiger charge is -2.10. The second-order valence-corrected chi connectivity index (χ2v) is 6.43. The molecule has 0 aliphatic carbocycles. The van der Waals surface area contributed by atoms with Crippen LogP contribution in [0.5, 0.6) is 0 Å². The Kier molecular flexibility index (Phi) is 4.96. The van der Waals surface area contributed by atoms with Crippen LogP contribution in [0.2, 0.25) is 0 Å². The third-order valence-electron chi connectivity index (χ3n) is 4.38. The number of aromatic nitrogens is 4. The first-order chi connectivity index (χ1) is 13.3. The van der Waals surface area contributed by atoms with Gasteiger partial charge in [0.05, 0.1) is 12.2 Å². The van der Waals surface area contributed by atoms with Crippen molar-refractivity contribution in [3.8, 4) is 0 Å². The molecule has 6 heteroatoms. The van der Waals surface area contributed by atoms with Crippen LogP contribution in [0.25, 0.3) is 10.9 Å². The Balaban J connectivity index is 1.38. The smallest absolute Gasteiger partial charge is 0.225 e. The molecular formula is C21H22N6. The topological polar surface area (TPSA) is 78.5 Å². The average molecular weight is 358 g/mol. The van der Waals surface area contributed by atoms with Crippen molar-refractivity contribution in [3.63, 3.8) is 0 Å². The molecule has 4 aromatic rings. The Bertz CT molecular complexity index is 1030. The summed E-state index contributed by atoms with van der Waals surface area (Å²) in [5, 5.41) is 7.92. The van der Waals surface area contributed by atoms with Gasteiger partial charge < -0.3 is 15.6 Å². The molecule has 27 heavy (non-hydrogen) atoms. The Morgan fingerprint density at radius 2 is 1.89 bits per heavy atom. The maximum Gasteiger partial charge on any atom is 0.225 e. The summed E-state index contributed by atoms with van der Waals surface area (Å²) in [6.45, 7) is 3.37. The van der Waals surface area contributed by atoms with Gasteiger partial charge in [0.15, 0.2) is 0 Å². The fourth-order valence-electron chi connectivity index (χ4n) is 3.07. The summed E-state index contributed by atoms with van der Waals surface area (Å²) < 4.78 is 0. The lowest BCUT2D eigenvalue weighted by atomic mass is 10.1. The molecule has 3 aromatic heterocycles. The number of aromatic amines is 1. The van der Waals surface area contributed by atoms with E-state index in [1.807, 2.05) is 37.3 Å². The molecule has 0 unspecified atom stereocenters. The van der Waals surface area contributed by atoms with Gasteiger partial charge in [0.25, 0.3) is 0 Å². The summed E-state index contributed by atoms with van der Waals surface area (Å²) in [5.74, 6) is 1.43. The van der Waals surface area contributed by atoms with E-state index in [0.717, 1.165) is 30.2 Å². The number of rotatable bonds is 7. The molecule has 0 atom stereocenters. The van der Waals surface area contributed by atoms with Crippen molar-refractivity contribution >= 4 is 22.7 Å². The molecule has 0 spiro atoms. The maximum absolute atomic E-state index is 4.56. The normalized spacial score (nSPS) is 10.9. The highest BCUT2D eigenvalue weighted by molar-refractivity contribution is 5.83. The zero-order valence-corrected chi connectivity index (χ0v) is 15.2. The maximum atomic E-state index is 4.56. The largest absolute Gasteiger partial charge is 0.370 e. The lowest BCUT2D eigenvalue weighted by molar-refractivity contribution is 0.971. The van der Waals surface area contributed by atoms with Crippen molar-refractivity contribution < 1.29 is 0 Å². The summed E-state index contributed by atoms with van der Waals surface area (Å²) in [6, 6.07) is 16.2. The van der Waals surface area contributed by atoms with Gasteiger partial charge in [-0.15, -0.1) is 0 Å². The standard InChI is InChI=1S/C21H22N6/c1-15-12-20(27-21(26-15)25-14-17-6-4-5-10-22-17)23-11-9-16-13-24-19-8-3-2-7-18(16)19/h2-8,10,12-13,24H,9,11,14H2,1H3,(H2,23,25,26,27). The van der Waals surface area contributed by atoms with Crippen molar-refractivity contribution in [2.45, 2.75) is 19.9 Å². The van der Waals surface area contributed by atoms with Crippen LogP contribution >= 0.6 is 0 Å². The van der Waals surface area contributed by atoms with Gasteiger partial charge in [0.1, 0.15) is 5.82 Å². The molecule has 0 saturated carbocycles. The van der Waals surface area contributed by atoms with Crippen molar-refractivity contribution in [3.05, 3.63) is 77.9 Å². The monoisotopic (exact) mass is 358 g/mol. The number of nitrogens with zero attached hydrogens (tertiary/aromatic N) is 3. The number of hydrogen-bond donors (Lipinski definition) is 3. The molecule has 0 fully saturated rings. The minimum atomic E-state index is 0.596. The molecule has 3 N–H and O–H groups in total. The number of aryl methyl sites for hydroxylation is 1. The van der Waals surface area contributed by atoms with Gasteiger partial charge in [-0.2, -0.15) is 4.98 Å². The Hall–Kier alpha value is -3.41. The summed E-state index contributed by atoms with van der Waals surface area (Å²) in [6.07, 6.45) is 4.78. The van der Waals surface area contributed by atoms with Crippen molar-refractivity contribution in [2.24, 2.45) is 0 Å². The molecule has 6 nitrogen and oxygen atoms in total. The van der Waals surface area contributed by atoms with Crippen LogP contribution in [-0.2, 0) is 13.0 Å². The zero-order valence-electron chi connectivity index (χ0n) is 15.2. The Morgan fingerprint density at radius 1 is 1.00 bits per heavy atom. The van der Waals surface area contributed by atoms with E-state index in [1.54, 1.807) is 6.20 Å². The number of hydrogen-bond acceptors (Lipinski definition) is 5. The van der Waals surface area contributed by atoms with E-state index in [2.05, 4.69) is 55.0 Å². The van der Waals surface area contributed by atoms with Crippen molar-refractivity contribution in [1.29, 1.82) is 0 Å². The van der Waals surface area contributed by atoms with Crippen LogP contribution in [0.15, 0.2) is 60.9 Å². The predicted molar refractivity (Wildman–Crippen MR) is 109 cm³/mol. The highest BCUT2D eigenvalue weighted by Gasteiger charge is 2.05. The molecule has 0 saturated heterocycles.